The summed E-state index contributed by atoms with van der Waals surface area (Å²) in [6.45, 7) is 1.72. The van der Waals surface area contributed by atoms with Crippen molar-refractivity contribution in [3.05, 3.63) is 21.7 Å². The summed E-state index contributed by atoms with van der Waals surface area (Å²) in [6.07, 6.45) is 0. The van der Waals surface area contributed by atoms with Gasteiger partial charge in [-0.2, -0.15) is 0 Å². The van der Waals surface area contributed by atoms with E-state index in [-0.39, 0.29) is 10.8 Å². The molecule has 0 aliphatic heterocycles. The Morgan fingerprint density at radius 2 is 1.92 bits per heavy atom. The summed E-state index contributed by atoms with van der Waals surface area (Å²) in [7, 11) is 1.48. The Balaban J connectivity index is 3.39. The molecule has 4 heteroatoms. The molecule has 0 aromatic heterocycles. The zero-order chi connectivity index (χ0) is 9.30. The number of phenols is 1. The number of halogens is 2. The van der Waals surface area contributed by atoms with Crippen LogP contribution in [0.2, 0.25) is 10.0 Å². The van der Waals surface area contributed by atoms with E-state index in [2.05, 4.69) is 0 Å². The van der Waals surface area contributed by atoms with Crippen molar-refractivity contribution < 1.29 is 9.84 Å². The van der Waals surface area contributed by atoms with Crippen molar-refractivity contribution in [2.24, 2.45) is 0 Å². The first kappa shape index (κ1) is 9.49. The molecule has 0 spiro atoms. The Kier molecular flexibility index (Phi) is 2.70. The van der Waals surface area contributed by atoms with Gasteiger partial charge >= 0.3 is 0 Å². The van der Waals surface area contributed by atoms with E-state index in [0.717, 1.165) is 0 Å². The highest BCUT2D eigenvalue weighted by atomic mass is 35.5. The lowest BCUT2D eigenvalue weighted by Gasteiger charge is -2.08. The predicted octanol–water partition coefficient (Wildman–Crippen LogP) is 3.02. The SMILES string of the molecule is COc1cc(O)c(Cl)c(C)c1Cl. The molecule has 0 aliphatic rings. The first-order valence-electron chi connectivity index (χ1n) is 3.29. The Hall–Kier alpha value is -0.600. The first-order chi connectivity index (χ1) is 5.57. The van der Waals surface area contributed by atoms with Crippen LogP contribution in [0.5, 0.6) is 11.5 Å². The molecule has 0 heterocycles. The van der Waals surface area contributed by atoms with Crippen LogP contribution in [0.15, 0.2) is 6.07 Å². The average molecular weight is 207 g/mol. The smallest absolute Gasteiger partial charge is 0.141 e. The number of phenolic OH excluding ortho intramolecular Hbond substituents is 1. The monoisotopic (exact) mass is 206 g/mol. The molecule has 0 amide bonds. The van der Waals surface area contributed by atoms with Crippen molar-refractivity contribution in [2.45, 2.75) is 6.92 Å². The number of rotatable bonds is 1. The zero-order valence-corrected chi connectivity index (χ0v) is 8.20. The fourth-order valence-electron chi connectivity index (χ4n) is 0.873. The third-order valence-corrected chi connectivity index (χ3v) is 2.53. The number of aromatic hydroxyl groups is 1. The second-order valence-corrected chi connectivity index (χ2v) is 3.11. The van der Waals surface area contributed by atoms with Crippen LogP contribution in [0.1, 0.15) is 5.56 Å². The van der Waals surface area contributed by atoms with Crippen LogP contribution < -0.4 is 4.74 Å². The van der Waals surface area contributed by atoms with E-state index in [4.69, 9.17) is 27.9 Å². The molecular weight excluding hydrogens is 199 g/mol. The van der Waals surface area contributed by atoms with Crippen molar-refractivity contribution >= 4 is 23.2 Å². The van der Waals surface area contributed by atoms with Crippen LogP contribution in [0, 0.1) is 6.92 Å². The van der Waals surface area contributed by atoms with Crippen LogP contribution in [0.3, 0.4) is 0 Å². The first-order valence-corrected chi connectivity index (χ1v) is 4.05. The number of hydrogen-bond acceptors (Lipinski definition) is 2. The highest BCUT2D eigenvalue weighted by molar-refractivity contribution is 6.37. The molecule has 0 bridgehead atoms. The average Bonchev–Trinajstić information content (AvgIpc) is 2.08. The lowest BCUT2D eigenvalue weighted by Crippen LogP contribution is -1.87. The van der Waals surface area contributed by atoms with Gasteiger partial charge in [-0.3, -0.25) is 0 Å². The van der Waals surface area contributed by atoms with E-state index in [1.54, 1.807) is 6.92 Å². The largest absolute Gasteiger partial charge is 0.506 e. The van der Waals surface area contributed by atoms with Crippen LogP contribution >= 0.6 is 23.2 Å². The van der Waals surface area contributed by atoms with E-state index in [1.165, 1.54) is 13.2 Å². The fourth-order valence-corrected chi connectivity index (χ4v) is 1.30. The molecule has 0 atom stereocenters. The van der Waals surface area contributed by atoms with Gasteiger partial charge in [0.1, 0.15) is 11.5 Å². The molecule has 2 nitrogen and oxygen atoms in total. The summed E-state index contributed by atoms with van der Waals surface area (Å²) in [6, 6.07) is 1.39. The third kappa shape index (κ3) is 1.45. The molecular formula is C8H8Cl2O2. The van der Waals surface area contributed by atoms with Gasteiger partial charge in [0.2, 0.25) is 0 Å². The van der Waals surface area contributed by atoms with E-state index in [1.807, 2.05) is 0 Å². The van der Waals surface area contributed by atoms with Crippen LogP contribution in [0.25, 0.3) is 0 Å². The van der Waals surface area contributed by atoms with Crippen molar-refractivity contribution in [3.8, 4) is 11.5 Å². The molecule has 12 heavy (non-hydrogen) atoms. The van der Waals surface area contributed by atoms with Gasteiger partial charge in [-0.05, 0) is 12.5 Å². The van der Waals surface area contributed by atoms with E-state index < -0.39 is 0 Å². The summed E-state index contributed by atoms with van der Waals surface area (Å²) in [5, 5.41) is 9.96. The van der Waals surface area contributed by atoms with Crippen molar-refractivity contribution in [2.75, 3.05) is 7.11 Å². The molecule has 0 aliphatic carbocycles. The normalized spacial score (nSPS) is 10.0. The standard InChI is InChI=1S/C8H8Cl2O2/c1-4-7(9)5(11)3-6(12-2)8(4)10/h3,11H,1-2H3. The van der Waals surface area contributed by atoms with Gasteiger partial charge in [0.15, 0.2) is 0 Å². The van der Waals surface area contributed by atoms with Gasteiger partial charge in [-0.1, -0.05) is 23.2 Å². The van der Waals surface area contributed by atoms with Gasteiger partial charge in [0.05, 0.1) is 17.2 Å². The second kappa shape index (κ2) is 3.42. The van der Waals surface area contributed by atoms with Crippen LogP contribution in [-0.2, 0) is 0 Å². The summed E-state index contributed by atoms with van der Waals surface area (Å²) in [5.74, 6) is 0.409. The molecule has 0 radical (unpaired) electrons. The van der Waals surface area contributed by atoms with E-state index in [0.29, 0.717) is 16.3 Å². The number of hydrogen-bond donors (Lipinski definition) is 1. The molecule has 66 valence electrons. The number of benzene rings is 1. The molecule has 0 saturated heterocycles. The number of methoxy groups -OCH3 is 1. The third-order valence-electron chi connectivity index (χ3n) is 1.59. The lowest BCUT2D eigenvalue weighted by atomic mass is 10.2. The summed E-state index contributed by atoms with van der Waals surface area (Å²) in [5.41, 5.74) is 0.621. The molecule has 0 saturated carbocycles. The summed E-state index contributed by atoms with van der Waals surface area (Å²) >= 11 is 11.6. The van der Waals surface area contributed by atoms with Gasteiger partial charge in [-0.15, -0.1) is 0 Å². The Bertz CT molecular complexity index is 310. The minimum absolute atomic E-state index is 0.0181. The van der Waals surface area contributed by atoms with Gasteiger partial charge in [-0.25, -0.2) is 0 Å². The van der Waals surface area contributed by atoms with Gasteiger partial charge < -0.3 is 9.84 Å². The van der Waals surface area contributed by atoms with Gasteiger partial charge in [0.25, 0.3) is 0 Å². The topological polar surface area (TPSA) is 29.5 Å². The molecule has 0 fully saturated rings. The second-order valence-electron chi connectivity index (χ2n) is 2.35. The van der Waals surface area contributed by atoms with Crippen LogP contribution in [-0.4, -0.2) is 12.2 Å². The minimum Gasteiger partial charge on any atom is -0.506 e. The molecule has 0 unspecified atom stereocenters. The fraction of sp³-hybridized carbons (Fsp3) is 0.250. The van der Waals surface area contributed by atoms with Crippen LogP contribution in [0.4, 0.5) is 0 Å². The molecule has 1 rings (SSSR count). The van der Waals surface area contributed by atoms with Crippen molar-refractivity contribution in [1.82, 2.24) is 0 Å². The summed E-state index contributed by atoms with van der Waals surface area (Å²) in [4.78, 5) is 0. The molecule has 1 aromatic carbocycles. The Morgan fingerprint density at radius 3 is 2.42 bits per heavy atom. The highest BCUT2D eigenvalue weighted by Crippen LogP contribution is 2.38. The quantitative estimate of drug-likeness (QED) is 0.766. The zero-order valence-electron chi connectivity index (χ0n) is 6.69. The van der Waals surface area contributed by atoms with Crippen molar-refractivity contribution in [1.29, 1.82) is 0 Å². The Labute approximate surface area is 80.7 Å². The maximum absolute atomic E-state index is 9.27. The van der Waals surface area contributed by atoms with E-state index >= 15 is 0 Å². The van der Waals surface area contributed by atoms with E-state index in [9.17, 15) is 5.11 Å². The minimum atomic E-state index is -0.0181. The lowest BCUT2D eigenvalue weighted by molar-refractivity contribution is 0.407. The summed E-state index contributed by atoms with van der Waals surface area (Å²) < 4.78 is 4.91. The highest BCUT2D eigenvalue weighted by Gasteiger charge is 2.11. The van der Waals surface area contributed by atoms with Gasteiger partial charge in [0, 0.05) is 6.07 Å². The molecule has 1 N–H and O–H groups in total. The maximum Gasteiger partial charge on any atom is 0.141 e. The Morgan fingerprint density at radius 1 is 1.33 bits per heavy atom. The van der Waals surface area contributed by atoms with Crippen molar-refractivity contribution in [3.63, 3.8) is 0 Å². The molecule has 1 aromatic rings. The number of ether oxygens (including phenoxy) is 1. The maximum atomic E-state index is 9.27. The predicted molar refractivity (Wildman–Crippen MR) is 49.4 cm³/mol.